The van der Waals surface area contributed by atoms with Crippen molar-refractivity contribution in [3.05, 3.63) is 47.2 Å². The topological polar surface area (TPSA) is 70.2 Å². The Hall–Kier alpha value is -2.63. The Labute approximate surface area is 161 Å². The highest BCUT2D eigenvalue weighted by Crippen LogP contribution is 2.22. The second-order valence-electron chi connectivity index (χ2n) is 7.62. The molecule has 0 aliphatic heterocycles. The van der Waals surface area contributed by atoms with E-state index in [0.29, 0.717) is 12.0 Å². The number of anilines is 2. The van der Waals surface area contributed by atoms with Crippen molar-refractivity contribution in [1.29, 1.82) is 0 Å². The van der Waals surface area contributed by atoms with Crippen molar-refractivity contribution < 1.29 is 4.79 Å². The minimum Gasteiger partial charge on any atom is -0.363 e. The first-order chi connectivity index (χ1) is 12.9. The molecule has 6 heteroatoms. The summed E-state index contributed by atoms with van der Waals surface area (Å²) in [5.74, 6) is 1.61. The van der Waals surface area contributed by atoms with Crippen LogP contribution in [-0.2, 0) is 0 Å². The summed E-state index contributed by atoms with van der Waals surface area (Å²) in [6.07, 6.45) is 3.91. The van der Waals surface area contributed by atoms with E-state index in [9.17, 15) is 4.79 Å². The molecule has 1 fully saturated rings. The van der Waals surface area contributed by atoms with Gasteiger partial charge in [0.05, 0.1) is 0 Å². The maximum atomic E-state index is 12.4. The SMILES string of the molecule is Cc1ccc(C(=O)NC2CCC(Nc3nc(C)cc(N(C)C)n3)CC2)cc1. The Morgan fingerprint density at radius 3 is 2.26 bits per heavy atom. The minimum absolute atomic E-state index is 0.0176. The van der Waals surface area contributed by atoms with Gasteiger partial charge in [-0.1, -0.05) is 17.7 Å². The lowest BCUT2D eigenvalue weighted by atomic mass is 9.91. The zero-order valence-corrected chi connectivity index (χ0v) is 16.6. The molecular formula is C21H29N5O. The predicted octanol–water partition coefficient (Wildman–Crippen LogP) is 3.31. The van der Waals surface area contributed by atoms with Gasteiger partial charge in [-0.3, -0.25) is 4.79 Å². The number of benzene rings is 1. The van der Waals surface area contributed by atoms with Crippen LogP contribution in [0.1, 0.15) is 47.3 Å². The van der Waals surface area contributed by atoms with Crippen molar-refractivity contribution in [1.82, 2.24) is 15.3 Å². The second-order valence-corrected chi connectivity index (χ2v) is 7.62. The maximum absolute atomic E-state index is 12.4. The Bertz CT molecular complexity index is 780. The number of hydrogen-bond donors (Lipinski definition) is 2. The average molecular weight is 367 g/mol. The third kappa shape index (κ3) is 5.18. The number of aryl methyl sites for hydroxylation is 2. The molecule has 144 valence electrons. The summed E-state index contributed by atoms with van der Waals surface area (Å²) in [7, 11) is 3.96. The van der Waals surface area contributed by atoms with Gasteiger partial charge in [-0.05, 0) is 51.7 Å². The van der Waals surface area contributed by atoms with Gasteiger partial charge < -0.3 is 15.5 Å². The lowest BCUT2D eigenvalue weighted by molar-refractivity contribution is 0.0926. The summed E-state index contributed by atoms with van der Waals surface area (Å²) < 4.78 is 0. The van der Waals surface area contributed by atoms with E-state index in [1.54, 1.807) is 0 Å². The lowest BCUT2D eigenvalue weighted by Gasteiger charge is -2.30. The van der Waals surface area contributed by atoms with E-state index < -0.39 is 0 Å². The highest BCUT2D eigenvalue weighted by atomic mass is 16.1. The van der Waals surface area contributed by atoms with E-state index in [1.165, 1.54) is 0 Å². The molecule has 0 atom stereocenters. The number of hydrogen-bond acceptors (Lipinski definition) is 5. The fourth-order valence-corrected chi connectivity index (χ4v) is 3.38. The molecule has 3 rings (SSSR count). The molecule has 1 aromatic carbocycles. The lowest BCUT2D eigenvalue weighted by Crippen LogP contribution is -2.40. The molecule has 6 nitrogen and oxygen atoms in total. The van der Waals surface area contributed by atoms with Gasteiger partial charge in [-0.2, -0.15) is 4.98 Å². The summed E-state index contributed by atoms with van der Waals surface area (Å²) >= 11 is 0. The van der Waals surface area contributed by atoms with Crippen LogP contribution in [0.5, 0.6) is 0 Å². The number of carbonyl (C=O) groups excluding carboxylic acids is 1. The molecule has 2 aromatic rings. The van der Waals surface area contributed by atoms with Gasteiger partial charge >= 0.3 is 0 Å². The van der Waals surface area contributed by atoms with Crippen LogP contribution in [0, 0.1) is 13.8 Å². The third-order valence-corrected chi connectivity index (χ3v) is 5.01. The number of nitrogens with one attached hydrogen (secondary N) is 2. The van der Waals surface area contributed by atoms with Crippen LogP contribution >= 0.6 is 0 Å². The van der Waals surface area contributed by atoms with E-state index in [1.807, 2.05) is 63.2 Å². The Morgan fingerprint density at radius 1 is 1.00 bits per heavy atom. The maximum Gasteiger partial charge on any atom is 0.251 e. The first-order valence-electron chi connectivity index (χ1n) is 9.58. The molecule has 27 heavy (non-hydrogen) atoms. The fraction of sp³-hybridized carbons (Fsp3) is 0.476. The first-order valence-corrected chi connectivity index (χ1v) is 9.58. The number of rotatable bonds is 5. The predicted molar refractivity (Wildman–Crippen MR) is 109 cm³/mol. The second kappa shape index (κ2) is 8.37. The van der Waals surface area contributed by atoms with Gasteiger partial charge in [0.15, 0.2) is 0 Å². The first kappa shape index (κ1) is 19.1. The Balaban J connectivity index is 1.52. The zero-order chi connectivity index (χ0) is 19.4. The van der Waals surface area contributed by atoms with Crippen LogP contribution in [0.4, 0.5) is 11.8 Å². The van der Waals surface area contributed by atoms with Gasteiger partial charge in [0, 0.05) is 43.5 Å². The molecule has 1 saturated carbocycles. The molecule has 0 radical (unpaired) electrons. The smallest absolute Gasteiger partial charge is 0.251 e. The van der Waals surface area contributed by atoms with Crippen LogP contribution in [-0.4, -0.2) is 42.1 Å². The molecule has 1 aromatic heterocycles. The Kier molecular flexibility index (Phi) is 5.94. The summed E-state index contributed by atoms with van der Waals surface area (Å²) in [6.45, 7) is 4.01. The van der Waals surface area contributed by atoms with Gasteiger partial charge in [-0.25, -0.2) is 4.98 Å². The molecule has 0 saturated heterocycles. The van der Waals surface area contributed by atoms with Crippen LogP contribution in [0.15, 0.2) is 30.3 Å². The normalized spacial score (nSPS) is 19.4. The minimum atomic E-state index is 0.0176. The van der Waals surface area contributed by atoms with Gasteiger partial charge in [-0.15, -0.1) is 0 Å². The van der Waals surface area contributed by atoms with Crippen molar-refractivity contribution >= 4 is 17.7 Å². The van der Waals surface area contributed by atoms with E-state index in [0.717, 1.165) is 48.3 Å². The molecule has 0 unspecified atom stereocenters. The molecule has 1 amide bonds. The summed E-state index contributed by atoms with van der Waals surface area (Å²) in [4.78, 5) is 23.4. The highest BCUT2D eigenvalue weighted by molar-refractivity contribution is 5.94. The van der Waals surface area contributed by atoms with E-state index >= 15 is 0 Å². The van der Waals surface area contributed by atoms with Crippen molar-refractivity contribution in [2.45, 2.75) is 51.6 Å². The molecule has 1 aliphatic carbocycles. The quantitative estimate of drug-likeness (QED) is 0.848. The summed E-state index contributed by atoms with van der Waals surface area (Å²) in [5, 5.41) is 6.63. The van der Waals surface area contributed by atoms with E-state index in [-0.39, 0.29) is 11.9 Å². The number of aromatic nitrogens is 2. The van der Waals surface area contributed by atoms with Gasteiger partial charge in [0.25, 0.3) is 5.91 Å². The fourth-order valence-electron chi connectivity index (χ4n) is 3.38. The molecule has 1 aliphatic rings. The van der Waals surface area contributed by atoms with Crippen molar-refractivity contribution in [3.63, 3.8) is 0 Å². The van der Waals surface area contributed by atoms with E-state index in [4.69, 9.17) is 0 Å². The molecule has 0 spiro atoms. The molecule has 1 heterocycles. The van der Waals surface area contributed by atoms with Crippen LogP contribution in [0.3, 0.4) is 0 Å². The van der Waals surface area contributed by atoms with Crippen LogP contribution in [0.2, 0.25) is 0 Å². The molecular weight excluding hydrogens is 338 g/mol. The Morgan fingerprint density at radius 2 is 1.63 bits per heavy atom. The third-order valence-electron chi connectivity index (χ3n) is 5.01. The highest BCUT2D eigenvalue weighted by Gasteiger charge is 2.23. The van der Waals surface area contributed by atoms with E-state index in [2.05, 4.69) is 20.6 Å². The van der Waals surface area contributed by atoms with Crippen LogP contribution < -0.4 is 15.5 Å². The van der Waals surface area contributed by atoms with Crippen molar-refractivity contribution in [3.8, 4) is 0 Å². The number of amides is 1. The number of nitrogens with zero attached hydrogens (tertiary/aromatic N) is 3. The van der Waals surface area contributed by atoms with Crippen LogP contribution in [0.25, 0.3) is 0 Å². The summed E-state index contributed by atoms with van der Waals surface area (Å²) in [6, 6.07) is 10.3. The van der Waals surface area contributed by atoms with Gasteiger partial charge in [0.2, 0.25) is 5.95 Å². The largest absolute Gasteiger partial charge is 0.363 e. The van der Waals surface area contributed by atoms with Crippen molar-refractivity contribution in [2.24, 2.45) is 0 Å². The average Bonchev–Trinajstić information content (AvgIpc) is 2.63. The standard InChI is InChI=1S/C21H29N5O/c1-14-5-7-16(8-6-14)20(27)23-17-9-11-18(12-10-17)24-21-22-15(2)13-19(25-21)26(3)4/h5-8,13,17-18H,9-12H2,1-4H3,(H,23,27)(H,22,24,25). The van der Waals surface area contributed by atoms with Gasteiger partial charge in [0.1, 0.15) is 5.82 Å². The van der Waals surface area contributed by atoms with Crippen molar-refractivity contribution in [2.75, 3.05) is 24.3 Å². The number of carbonyl (C=O) groups is 1. The molecule has 2 N–H and O–H groups in total. The molecule has 0 bridgehead atoms. The monoisotopic (exact) mass is 367 g/mol. The zero-order valence-electron chi connectivity index (χ0n) is 16.6. The summed E-state index contributed by atoms with van der Waals surface area (Å²) in [5.41, 5.74) is 2.84.